The fourth-order valence-corrected chi connectivity index (χ4v) is 6.00. The Kier molecular flexibility index (Phi) is 5.06. The zero-order chi connectivity index (χ0) is 24.3. The molecule has 5 rings (SSSR count). The van der Waals surface area contributed by atoms with Gasteiger partial charge in [0.2, 0.25) is 0 Å². The van der Waals surface area contributed by atoms with E-state index in [2.05, 4.69) is 65.1 Å². The fraction of sp³-hybridized carbons (Fsp3) is 0.333. The van der Waals surface area contributed by atoms with Crippen LogP contribution in [-0.4, -0.2) is 35.9 Å². The predicted octanol–water partition coefficient (Wildman–Crippen LogP) is 5.40. The lowest BCUT2D eigenvalue weighted by molar-refractivity contribution is 0.0172. The SMILES string of the molecule is C=C(CCC)C1(c2cccc3n[nH]nc23)C(C)=C(C)C(C)=C(C)C1(O)c1cccc2n[nH]nc12. The van der Waals surface area contributed by atoms with E-state index in [-0.39, 0.29) is 0 Å². The average Bonchev–Trinajstić information content (AvgIpc) is 3.51. The minimum atomic E-state index is -1.48. The van der Waals surface area contributed by atoms with Crippen LogP contribution in [0, 0.1) is 0 Å². The van der Waals surface area contributed by atoms with Crippen molar-refractivity contribution in [3.05, 3.63) is 82.0 Å². The number of rotatable bonds is 5. The van der Waals surface area contributed by atoms with Crippen LogP contribution < -0.4 is 0 Å². The maximum atomic E-state index is 13.3. The highest BCUT2D eigenvalue weighted by Crippen LogP contribution is 2.61. The molecule has 2 atom stereocenters. The summed E-state index contributed by atoms with van der Waals surface area (Å²) in [6.07, 6.45) is 1.63. The van der Waals surface area contributed by atoms with Gasteiger partial charge in [-0.25, -0.2) is 0 Å². The standard InChI is InChI=1S/C27H30N6O/c1-7-10-15(2)26(20-11-8-13-22-24(20)30-32-28-22)18(5)16(3)17(4)19(6)27(26,34)21-12-9-14-23-25(21)31-33-29-23/h8-9,11-14,34H,2,7,10H2,1,3-6H3,(H,28,30,32)(H,29,31,33). The second-order valence-corrected chi connectivity index (χ2v) is 9.31. The number of para-hydroxylation sites is 2. The van der Waals surface area contributed by atoms with Crippen LogP contribution in [0.1, 0.15) is 58.6 Å². The first-order valence-corrected chi connectivity index (χ1v) is 11.7. The van der Waals surface area contributed by atoms with Gasteiger partial charge in [0.25, 0.3) is 0 Å². The first kappa shape index (κ1) is 22.2. The number of H-pyrrole nitrogens is 2. The van der Waals surface area contributed by atoms with E-state index in [9.17, 15) is 5.11 Å². The highest BCUT2D eigenvalue weighted by Gasteiger charge is 2.60. The normalized spacial score (nSPS) is 23.4. The van der Waals surface area contributed by atoms with E-state index < -0.39 is 11.0 Å². The molecule has 0 saturated carbocycles. The van der Waals surface area contributed by atoms with E-state index in [0.717, 1.165) is 57.3 Å². The van der Waals surface area contributed by atoms with Crippen molar-refractivity contribution >= 4 is 22.1 Å². The third-order valence-electron chi connectivity index (χ3n) is 7.91. The third-order valence-corrected chi connectivity index (χ3v) is 7.91. The van der Waals surface area contributed by atoms with Crippen LogP contribution in [0.4, 0.5) is 0 Å². The van der Waals surface area contributed by atoms with Gasteiger partial charge in [-0.1, -0.05) is 55.3 Å². The van der Waals surface area contributed by atoms with Crippen LogP contribution in [0.15, 0.2) is 70.8 Å². The first-order valence-electron chi connectivity index (χ1n) is 11.7. The quantitative estimate of drug-likeness (QED) is 0.351. The van der Waals surface area contributed by atoms with E-state index in [1.54, 1.807) is 0 Å². The van der Waals surface area contributed by atoms with Crippen LogP contribution in [0.3, 0.4) is 0 Å². The Hall–Kier alpha value is -3.58. The topological polar surface area (TPSA) is 103 Å². The molecule has 0 bridgehead atoms. The van der Waals surface area contributed by atoms with Gasteiger partial charge in [-0.3, -0.25) is 0 Å². The summed E-state index contributed by atoms with van der Waals surface area (Å²) in [5, 5.41) is 36.4. The van der Waals surface area contributed by atoms with Crippen molar-refractivity contribution in [2.75, 3.05) is 0 Å². The molecule has 0 aliphatic heterocycles. The molecule has 174 valence electrons. The number of hydrogen-bond acceptors (Lipinski definition) is 5. The highest BCUT2D eigenvalue weighted by molar-refractivity contribution is 5.85. The number of aromatic nitrogens is 6. The minimum Gasteiger partial charge on any atom is -0.379 e. The highest BCUT2D eigenvalue weighted by atomic mass is 16.3. The summed E-state index contributed by atoms with van der Waals surface area (Å²) in [6, 6.07) is 11.7. The lowest BCUT2D eigenvalue weighted by Crippen LogP contribution is -2.55. The Morgan fingerprint density at radius 3 is 1.94 bits per heavy atom. The zero-order valence-corrected chi connectivity index (χ0v) is 20.3. The number of nitrogens with one attached hydrogen (secondary N) is 2. The largest absolute Gasteiger partial charge is 0.379 e. The van der Waals surface area contributed by atoms with Crippen LogP contribution in [-0.2, 0) is 11.0 Å². The molecule has 3 N–H and O–H groups in total. The smallest absolute Gasteiger partial charge is 0.130 e. The van der Waals surface area contributed by atoms with E-state index in [4.69, 9.17) is 0 Å². The predicted molar refractivity (Wildman–Crippen MR) is 134 cm³/mol. The number of nitrogens with zero attached hydrogens (tertiary/aromatic N) is 4. The lowest BCUT2D eigenvalue weighted by atomic mass is 9.50. The Morgan fingerprint density at radius 1 is 0.824 bits per heavy atom. The molecule has 4 aromatic rings. The summed E-state index contributed by atoms with van der Waals surface area (Å²) in [5.41, 5.74) is 6.98. The van der Waals surface area contributed by atoms with Gasteiger partial charge in [0.05, 0.1) is 5.41 Å². The van der Waals surface area contributed by atoms with Gasteiger partial charge in [-0.15, -0.1) is 0 Å². The van der Waals surface area contributed by atoms with E-state index in [1.165, 1.54) is 0 Å². The Bertz CT molecular complexity index is 1510. The van der Waals surface area contributed by atoms with Gasteiger partial charge in [0.15, 0.2) is 0 Å². The molecule has 7 nitrogen and oxygen atoms in total. The molecule has 7 heteroatoms. The van der Waals surface area contributed by atoms with Crippen molar-refractivity contribution < 1.29 is 5.11 Å². The van der Waals surface area contributed by atoms with Crippen molar-refractivity contribution in [1.29, 1.82) is 0 Å². The Labute approximate surface area is 198 Å². The van der Waals surface area contributed by atoms with Crippen molar-refractivity contribution in [3.8, 4) is 0 Å². The second-order valence-electron chi connectivity index (χ2n) is 9.31. The number of allylic oxidation sites excluding steroid dienone is 2. The number of aliphatic hydroxyl groups is 1. The molecule has 0 amide bonds. The second kappa shape index (κ2) is 7.74. The number of hydrogen-bond donors (Lipinski definition) is 3. The van der Waals surface area contributed by atoms with Crippen LogP contribution >= 0.6 is 0 Å². The number of fused-ring (bicyclic) bond motifs is 2. The Morgan fingerprint density at radius 2 is 1.35 bits per heavy atom. The van der Waals surface area contributed by atoms with Crippen molar-refractivity contribution in [1.82, 2.24) is 30.8 Å². The molecule has 2 unspecified atom stereocenters. The van der Waals surface area contributed by atoms with Crippen LogP contribution in [0.2, 0.25) is 0 Å². The van der Waals surface area contributed by atoms with Crippen LogP contribution in [0.25, 0.3) is 22.1 Å². The van der Waals surface area contributed by atoms with E-state index >= 15 is 0 Å². The number of benzene rings is 2. The summed E-state index contributed by atoms with van der Waals surface area (Å²) in [6.45, 7) is 15.1. The van der Waals surface area contributed by atoms with Crippen molar-refractivity contribution in [2.45, 2.75) is 58.5 Å². The average molecular weight is 455 g/mol. The van der Waals surface area contributed by atoms with Gasteiger partial charge in [0, 0.05) is 5.56 Å². The molecule has 2 aromatic heterocycles. The fourth-order valence-electron chi connectivity index (χ4n) is 6.00. The van der Waals surface area contributed by atoms with Gasteiger partial charge in [0.1, 0.15) is 27.7 Å². The maximum absolute atomic E-state index is 13.3. The first-order chi connectivity index (χ1) is 16.3. The molecule has 1 aliphatic rings. The van der Waals surface area contributed by atoms with Gasteiger partial charge >= 0.3 is 0 Å². The molecule has 0 radical (unpaired) electrons. The number of aromatic amines is 2. The molecule has 2 aromatic carbocycles. The lowest BCUT2D eigenvalue weighted by Gasteiger charge is -2.54. The summed E-state index contributed by atoms with van der Waals surface area (Å²) in [4.78, 5) is 0. The zero-order valence-electron chi connectivity index (χ0n) is 20.3. The molecule has 34 heavy (non-hydrogen) atoms. The van der Waals surface area contributed by atoms with E-state index in [0.29, 0.717) is 16.6 Å². The molecule has 2 heterocycles. The maximum Gasteiger partial charge on any atom is 0.130 e. The molecule has 1 aliphatic carbocycles. The molecule has 0 saturated heterocycles. The molecular weight excluding hydrogens is 424 g/mol. The summed E-state index contributed by atoms with van der Waals surface area (Å²) in [5.74, 6) is 0. The molecule has 0 spiro atoms. The van der Waals surface area contributed by atoms with Crippen LogP contribution in [0.5, 0.6) is 0 Å². The van der Waals surface area contributed by atoms with Crippen molar-refractivity contribution in [2.24, 2.45) is 0 Å². The minimum absolute atomic E-state index is 0.644. The Balaban J connectivity index is 2.02. The molecular formula is C27H30N6O. The van der Waals surface area contributed by atoms with Crippen molar-refractivity contribution in [3.63, 3.8) is 0 Å². The summed E-state index contributed by atoms with van der Waals surface area (Å²) in [7, 11) is 0. The summed E-state index contributed by atoms with van der Waals surface area (Å²) < 4.78 is 0. The third kappa shape index (κ3) is 2.61. The monoisotopic (exact) mass is 454 g/mol. The summed E-state index contributed by atoms with van der Waals surface area (Å²) >= 11 is 0. The van der Waals surface area contributed by atoms with Gasteiger partial charge in [-0.2, -0.15) is 30.8 Å². The van der Waals surface area contributed by atoms with E-state index in [1.807, 2.05) is 43.3 Å². The van der Waals surface area contributed by atoms with Gasteiger partial charge in [-0.05, 0) is 68.5 Å². The molecule has 0 fully saturated rings. The van der Waals surface area contributed by atoms with Gasteiger partial charge < -0.3 is 5.11 Å².